The molecule has 116 valence electrons. The van der Waals surface area contributed by atoms with Crippen molar-refractivity contribution in [1.82, 2.24) is 5.06 Å². The highest BCUT2D eigenvalue weighted by molar-refractivity contribution is 5.87. The molecular formula is C17H19NO4. The van der Waals surface area contributed by atoms with Gasteiger partial charge in [0.2, 0.25) is 5.91 Å². The van der Waals surface area contributed by atoms with Crippen LogP contribution in [0.4, 0.5) is 0 Å². The molecule has 2 aliphatic carbocycles. The molecule has 2 saturated carbocycles. The van der Waals surface area contributed by atoms with Crippen LogP contribution in [0.2, 0.25) is 0 Å². The van der Waals surface area contributed by atoms with Crippen molar-refractivity contribution in [3.63, 3.8) is 0 Å². The van der Waals surface area contributed by atoms with Gasteiger partial charge in [0.25, 0.3) is 0 Å². The SMILES string of the molecule is O=C(O)[C@@H]1CC2(CC2)C2CC1C(=O)N2OCc1ccccc1. The first-order valence-corrected chi connectivity index (χ1v) is 7.83. The van der Waals surface area contributed by atoms with Crippen molar-refractivity contribution in [2.45, 2.75) is 38.3 Å². The van der Waals surface area contributed by atoms with E-state index >= 15 is 0 Å². The Bertz CT molecular complexity index is 610. The van der Waals surface area contributed by atoms with Gasteiger partial charge in [-0.05, 0) is 36.7 Å². The summed E-state index contributed by atoms with van der Waals surface area (Å²) < 4.78 is 0. The quantitative estimate of drug-likeness (QED) is 0.926. The van der Waals surface area contributed by atoms with E-state index in [9.17, 15) is 14.7 Å². The standard InChI is InChI=1S/C17H19NO4/c19-15-12-8-14(17(6-7-17)9-13(12)16(20)21)18(15)22-10-11-4-2-1-3-5-11/h1-5,12-14H,6-10H2,(H,20,21)/t12?,13-,14?/m1/s1. The lowest BCUT2D eigenvalue weighted by Crippen LogP contribution is -2.39. The summed E-state index contributed by atoms with van der Waals surface area (Å²) in [5.74, 6) is -1.94. The van der Waals surface area contributed by atoms with Gasteiger partial charge < -0.3 is 5.11 Å². The highest BCUT2D eigenvalue weighted by Crippen LogP contribution is 2.63. The molecule has 22 heavy (non-hydrogen) atoms. The van der Waals surface area contributed by atoms with Crippen molar-refractivity contribution in [1.29, 1.82) is 0 Å². The van der Waals surface area contributed by atoms with Gasteiger partial charge in [-0.15, -0.1) is 0 Å². The first-order chi connectivity index (χ1) is 10.6. The number of aliphatic carboxylic acids is 1. The summed E-state index contributed by atoms with van der Waals surface area (Å²) in [5, 5.41) is 10.9. The maximum atomic E-state index is 12.6. The maximum absolute atomic E-state index is 12.6. The second kappa shape index (κ2) is 4.81. The van der Waals surface area contributed by atoms with Crippen LogP contribution in [0.5, 0.6) is 0 Å². The van der Waals surface area contributed by atoms with Gasteiger partial charge in [0.05, 0.1) is 17.9 Å². The predicted octanol–water partition coefficient (Wildman–Crippen LogP) is 2.22. The summed E-state index contributed by atoms with van der Waals surface area (Å²) in [6.45, 7) is 0.351. The molecule has 1 spiro atoms. The van der Waals surface area contributed by atoms with E-state index in [2.05, 4.69) is 0 Å². The molecule has 1 amide bonds. The third-order valence-corrected chi connectivity index (χ3v) is 5.54. The maximum Gasteiger partial charge on any atom is 0.307 e. The molecule has 0 aromatic heterocycles. The molecule has 3 fully saturated rings. The van der Waals surface area contributed by atoms with E-state index in [0.29, 0.717) is 19.4 Å². The number of carbonyl (C=O) groups is 2. The van der Waals surface area contributed by atoms with Gasteiger partial charge in [0.15, 0.2) is 0 Å². The van der Waals surface area contributed by atoms with Crippen molar-refractivity contribution in [2.75, 3.05) is 0 Å². The first kappa shape index (κ1) is 13.8. The van der Waals surface area contributed by atoms with Crippen LogP contribution in [0, 0.1) is 17.3 Å². The lowest BCUT2D eigenvalue weighted by atomic mass is 9.72. The second-order valence-electron chi connectivity index (χ2n) is 6.79. The highest BCUT2D eigenvalue weighted by atomic mass is 16.7. The summed E-state index contributed by atoms with van der Waals surface area (Å²) in [7, 11) is 0. The lowest BCUT2D eigenvalue weighted by molar-refractivity contribution is -0.201. The summed E-state index contributed by atoms with van der Waals surface area (Å²) in [4.78, 5) is 29.9. The Kier molecular flexibility index (Phi) is 3.01. The molecule has 3 atom stereocenters. The van der Waals surface area contributed by atoms with Crippen LogP contribution in [0.25, 0.3) is 0 Å². The van der Waals surface area contributed by atoms with Crippen molar-refractivity contribution in [2.24, 2.45) is 17.3 Å². The van der Waals surface area contributed by atoms with Gasteiger partial charge in [0.1, 0.15) is 6.61 Å². The molecule has 1 aliphatic heterocycles. The van der Waals surface area contributed by atoms with Gasteiger partial charge in [-0.1, -0.05) is 30.3 Å². The molecule has 5 nitrogen and oxygen atoms in total. The molecule has 0 radical (unpaired) electrons. The third-order valence-electron chi connectivity index (χ3n) is 5.54. The number of carbonyl (C=O) groups excluding carboxylic acids is 1. The number of nitrogens with zero attached hydrogens (tertiary/aromatic N) is 1. The van der Waals surface area contributed by atoms with Gasteiger partial charge in [0, 0.05) is 0 Å². The van der Waals surface area contributed by atoms with Crippen molar-refractivity contribution in [3.05, 3.63) is 35.9 Å². The monoisotopic (exact) mass is 301 g/mol. The van der Waals surface area contributed by atoms with E-state index in [-0.39, 0.29) is 17.4 Å². The van der Waals surface area contributed by atoms with E-state index in [1.54, 1.807) is 0 Å². The number of carboxylic acid groups (broad SMARTS) is 1. The summed E-state index contributed by atoms with van der Waals surface area (Å²) in [5.41, 5.74) is 0.999. The van der Waals surface area contributed by atoms with Crippen LogP contribution in [0.15, 0.2) is 30.3 Å². The number of carboxylic acids is 1. The van der Waals surface area contributed by atoms with Gasteiger partial charge in [-0.3, -0.25) is 14.4 Å². The molecule has 1 saturated heterocycles. The minimum atomic E-state index is -0.840. The Morgan fingerprint density at radius 2 is 2.05 bits per heavy atom. The third kappa shape index (κ3) is 2.03. The van der Waals surface area contributed by atoms with E-state index in [1.807, 2.05) is 30.3 Å². The number of hydrogen-bond acceptors (Lipinski definition) is 3. The molecule has 4 rings (SSSR count). The number of amides is 1. The molecule has 1 aromatic rings. The molecule has 2 bridgehead atoms. The van der Waals surface area contributed by atoms with Crippen molar-refractivity contribution < 1.29 is 19.5 Å². The fourth-order valence-electron chi connectivity index (χ4n) is 4.13. The molecule has 3 aliphatic rings. The largest absolute Gasteiger partial charge is 0.481 e. The molecular weight excluding hydrogens is 282 g/mol. The molecule has 2 unspecified atom stereocenters. The zero-order chi connectivity index (χ0) is 15.3. The number of rotatable bonds is 4. The normalized spacial score (nSPS) is 31.5. The number of hydroxylamine groups is 2. The predicted molar refractivity (Wildman–Crippen MR) is 77.4 cm³/mol. The molecule has 1 N–H and O–H groups in total. The van der Waals surface area contributed by atoms with E-state index in [4.69, 9.17) is 4.84 Å². The van der Waals surface area contributed by atoms with Crippen LogP contribution >= 0.6 is 0 Å². The summed E-state index contributed by atoms with van der Waals surface area (Å²) in [6, 6.07) is 9.79. The average Bonchev–Trinajstić information content (AvgIpc) is 3.23. The number of hydrogen-bond donors (Lipinski definition) is 1. The fourth-order valence-corrected chi connectivity index (χ4v) is 4.13. The van der Waals surface area contributed by atoms with Crippen LogP contribution in [-0.2, 0) is 21.0 Å². The van der Waals surface area contributed by atoms with Crippen molar-refractivity contribution >= 4 is 11.9 Å². The minimum absolute atomic E-state index is 0.0115. The first-order valence-electron chi connectivity index (χ1n) is 7.83. The summed E-state index contributed by atoms with van der Waals surface area (Å²) >= 11 is 0. The minimum Gasteiger partial charge on any atom is -0.481 e. The van der Waals surface area contributed by atoms with Gasteiger partial charge in [-0.25, -0.2) is 5.06 Å². The fraction of sp³-hybridized carbons (Fsp3) is 0.529. The zero-order valence-electron chi connectivity index (χ0n) is 12.3. The average molecular weight is 301 g/mol. The van der Waals surface area contributed by atoms with E-state index in [0.717, 1.165) is 18.4 Å². The van der Waals surface area contributed by atoms with Crippen LogP contribution < -0.4 is 0 Å². The van der Waals surface area contributed by atoms with Crippen LogP contribution in [0.3, 0.4) is 0 Å². The zero-order valence-corrected chi connectivity index (χ0v) is 12.3. The Morgan fingerprint density at radius 3 is 2.68 bits per heavy atom. The van der Waals surface area contributed by atoms with E-state index < -0.39 is 17.8 Å². The van der Waals surface area contributed by atoms with E-state index in [1.165, 1.54) is 5.06 Å². The van der Waals surface area contributed by atoms with Gasteiger partial charge in [-0.2, -0.15) is 0 Å². The summed E-state index contributed by atoms with van der Waals surface area (Å²) in [6.07, 6.45) is 3.26. The second-order valence-corrected chi connectivity index (χ2v) is 6.79. The van der Waals surface area contributed by atoms with Gasteiger partial charge >= 0.3 is 5.97 Å². The number of fused-ring (bicyclic) bond motifs is 3. The lowest BCUT2D eigenvalue weighted by Gasteiger charge is -2.33. The van der Waals surface area contributed by atoms with Crippen molar-refractivity contribution in [3.8, 4) is 0 Å². The smallest absolute Gasteiger partial charge is 0.307 e. The number of benzene rings is 1. The Hall–Kier alpha value is -1.88. The Morgan fingerprint density at radius 1 is 1.32 bits per heavy atom. The molecule has 1 heterocycles. The molecule has 1 aromatic carbocycles. The Balaban J connectivity index is 1.54. The molecule has 5 heteroatoms. The van der Waals surface area contributed by atoms with Crippen LogP contribution in [0.1, 0.15) is 31.2 Å². The Labute approximate surface area is 128 Å². The van der Waals surface area contributed by atoms with Crippen LogP contribution in [-0.4, -0.2) is 28.1 Å². The highest BCUT2D eigenvalue weighted by Gasteiger charge is 2.65. The topological polar surface area (TPSA) is 66.8 Å².